The first kappa shape index (κ1) is 16.8. The smallest absolute Gasteiger partial charge is 0.317 e. The highest BCUT2D eigenvalue weighted by Crippen LogP contribution is 2.18. The molecule has 2 rings (SSSR count). The Morgan fingerprint density at radius 1 is 1.41 bits per heavy atom. The van der Waals surface area contributed by atoms with Crippen LogP contribution in [-0.4, -0.2) is 61.3 Å². The number of amides is 2. The van der Waals surface area contributed by atoms with Crippen molar-refractivity contribution >= 4 is 6.03 Å². The van der Waals surface area contributed by atoms with Crippen LogP contribution in [0.4, 0.5) is 4.79 Å². The highest BCUT2D eigenvalue weighted by atomic mass is 16.3. The lowest BCUT2D eigenvalue weighted by molar-refractivity contribution is 0.128. The lowest BCUT2D eigenvalue weighted by Gasteiger charge is -2.33. The summed E-state index contributed by atoms with van der Waals surface area (Å²) in [6.07, 6.45) is 1.97. The predicted octanol–water partition coefficient (Wildman–Crippen LogP) is 1.70. The summed E-state index contributed by atoms with van der Waals surface area (Å²) < 4.78 is 0. The minimum absolute atomic E-state index is 0.0269. The Hall–Kier alpha value is -1.59. The second-order valence-electron chi connectivity index (χ2n) is 6.21. The Morgan fingerprint density at radius 2 is 2.14 bits per heavy atom. The molecule has 22 heavy (non-hydrogen) atoms. The monoisotopic (exact) mass is 305 g/mol. The summed E-state index contributed by atoms with van der Waals surface area (Å²) in [6.45, 7) is 2.17. The molecular formula is C17H27N3O2. The number of nitrogens with one attached hydrogen (secondary N) is 1. The molecule has 2 atom stereocenters. The topological polar surface area (TPSA) is 55.8 Å². The number of urea groups is 1. The van der Waals surface area contributed by atoms with Crippen molar-refractivity contribution in [2.24, 2.45) is 5.92 Å². The summed E-state index contributed by atoms with van der Waals surface area (Å²) in [6, 6.07) is 10.3. The van der Waals surface area contributed by atoms with Gasteiger partial charge in [-0.3, -0.25) is 0 Å². The summed E-state index contributed by atoms with van der Waals surface area (Å²) in [7, 11) is 4.04. The predicted molar refractivity (Wildman–Crippen MR) is 87.7 cm³/mol. The molecule has 1 aliphatic heterocycles. The van der Waals surface area contributed by atoms with Crippen molar-refractivity contribution < 1.29 is 9.90 Å². The molecule has 2 N–H and O–H groups in total. The molecule has 1 aromatic rings. The summed E-state index contributed by atoms with van der Waals surface area (Å²) in [4.78, 5) is 16.3. The van der Waals surface area contributed by atoms with Gasteiger partial charge in [-0.15, -0.1) is 0 Å². The summed E-state index contributed by atoms with van der Waals surface area (Å²) in [5, 5.41) is 12.3. The number of aliphatic hydroxyl groups excluding tert-OH is 1. The third-order valence-corrected chi connectivity index (χ3v) is 4.32. The van der Waals surface area contributed by atoms with Gasteiger partial charge in [0.15, 0.2) is 0 Å². The number of likely N-dealkylation sites (N-methyl/N-ethyl adjacent to an activating group) is 1. The molecule has 0 spiro atoms. The number of hydrogen-bond acceptors (Lipinski definition) is 3. The van der Waals surface area contributed by atoms with Crippen LogP contribution in [-0.2, 0) is 0 Å². The van der Waals surface area contributed by atoms with Crippen molar-refractivity contribution in [3.63, 3.8) is 0 Å². The van der Waals surface area contributed by atoms with Crippen molar-refractivity contribution in [1.29, 1.82) is 0 Å². The zero-order valence-corrected chi connectivity index (χ0v) is 13.5. The fraction of sp³-hybridized carbons (Fsp3) is 0.588. The number of aliphatic hydroxyl groups is 1. The Morgan fingerprint density at radius 3 is 2.77 bits per heavy atom. The van der Waals surface area contributed by atoms with Gasteiger partial charge in [0.1, 0.15) is 0 Å². The van der Waals surface area contributed by atoms with Crippen LogP contribution in [0, 0.1) is 5.92 Å². The highest BCUT2D eigenvalue weighted by molar-refractivity contribution is 5.74. The number of nitrogens with zero attached hydrogens (tertiary/aromatic N) is 2. The van der Waals surface area contributed by atoms with Crippen molar-refractivity contribution in [3.8, 4) is 0 Å². The van der Waals surface area contributed by atoms with Gasteiger partial charge in [0.2, 0.25) is 0 Å². The fourth-order valence-electron chi connectivity index (χ4n) is 2.97. The van der Waals surface area contributed by atoms with E-state index in [2.05, 4.69) is 22.3 Å². The van der Waals surface area contributed by atoms with Crippen LogP contribution in [0.5, 0.6) is 0 Å². The normalized spacial score (nSPS) is 20.0. The molecule has 1 saturated heterocycles. The molecule has 1 fully saturated rings. The number of benzene rings is 1. The standard InChI is InChI=1S/C17H27N3O2/c1-19(2)16(15-8-4-3-5-9-15)11-18-17(22)20-10-6-7-14(12-20)13-21/h3-5,8-9,14,16,21H,6-7,10-13H2,1-2H3,(H,18,22). The van der Waals surface area contributed by atoms with Crippen molar-refractivity contribution in [3.05, 3.63) is 35.9 Å². The molecule has 1 aliphatic rings. The number of hydrogen-bond donors (Lipinski definition) is 2. The van der Waals surface area contributed by atoms with Gasteiger partial charge < -0.3 is 20.2 Å². The third-order valence-electron chi connectivity index (χ3n) is 4.32. The Bertz CT molecular complexity index is 464. The molecule has 5 heteroatoms. The lowest BCUT2D eigenvalue weighted by atomic mass is 9.99. The lowest BCUT2D eigenvalue weighted by Crippen LogP contribution is -2.47. The maximum atomic E-state index is 12.3. The molecule has 2 amide bonds. The van der Waals surface area contributed by atoms with E-state index in [0.29, 0.717) is 13.1 Å². The van der Waals surface area contributed by atoms with E-state index in [1.54, 1.807) is 0 Å². The van der Waals surface area contributed by atoms with Crippen molar-refractivity contribution in [2.45, 2.75) is 18.9 Å². The van der Waals surface area contributed by atoms with Gasteiger partial charge in [-0.05, 0) is 38.4 Å². The number of carbonyl (C=O) groups excluding carboxylic acids is 1. The first-order chi connectivity index (χ1) is 10.6. The second kappa shape index (κ2) is 8.15. The molecular weight excluding hydrogens is 278 g/mol. The minimum Gasteiger partial charge on any atom is -0.396 e. The Labute approximate surface area is 132 Å². The summed E-state index contributed by atoms with van der Waals surface area (Å²) in [5.41, 5.74) is 1.19. The van der Waals surface area contributed by atoms with E-state index < -0.39 is 0 Å². The maximum absolute atomic E-state index is 12.3. The molecule has 0 aromatic heterocycles. The second-order valence-corrected chi connectivity index (χ2v) is 6.21. The van der Waals surface area contributed by atoms with Crippen LogP contribution in [0.2, 0.25) is 0 Å². The molecule has 122 valence electrons. The number of carbonyl (C=O) groups is 1. The van der Waals surface area contributed by atoms with E-state index in [9.17, 15) is 9.90 Å². The average molecular weight is 305 g/mol. The van der Waals surface area contributed by atoms with E-state index in [1.165, 1.54) is 5.56 Å². The summed E-state index contributed by atoms with van der Waals surface area (Å²) >= 11 is 0. The van der Waals surface area contributed by atoms with Gasteiger partial charge in [0.05, 0.1) is 6.04 Å². The molecule has 0 saturated carbocycles. The van der Waals surface area contributed by atoms with E-state index in [-0.39, 0.29) is 24.6 Å². The third kappa shape index (κ3) is 4.45. The Kier molecular flexibility index (Phi) is 6.21. The zero-order valence-electron chi connectivity index (χ0n) is 13.5. The fourth-order valence-corrected chi connectivity index (χ4v) is 2.97. The molecule has 2 unspecified atom stereocenters. The van der Waals surface area contributed by atoms with Crippen LogP contribution in [0.3, 0.4) is 0 Å². The highest BCUT2D eigenvalue weighted by Gasteiger charge is 2.24. The van der Waals surface area contributed by atoms with Crippen LogP contribution in [0.25, 0.3) is 0 Å². The molecule has 5 nitrogen and oxygen atoms in total. The van der Waals surface area contributed by atoms with Crippen LogP contribution in [0.1, 0.15) is 24.4 Å². The van der Waals surface area contributed by atoms with Gasteiger partial charge in [-0.2, -0.15) is 0 Å². The van der Waals surface area contributed by atoms with Crippen molar-refractivity contribution in [1.82, 2.24) is 15.1 Å². The van der Waals surface area contributed by atoms with E-state index in [0.717, 1.165) is 19.4 Å². The molecule has 1 aromatic carbocycles. The Balaban J connectivity index is 1.91. The molecule has 0 aliphatic carbocycles. The number of likely N-dealkylation sites (tertiary alicyclic amines) is 1. The van der Waals surface area contributed by atoms with Gasteiger partial charge in [-0.25, -0.2) is 4.79 Å². The maximum Gasteiger partial charge on any atom is 0.317 e. The largest absolute Gasteiger partial charge is 0.396 e. The SMILES string of the molecule is CN(C)C(CNC(=O)N1CCCC(CO)C1)c1ccccc1. The van der Waals surface area contributed by atoms with Gasteiger partial charge >= 0.3 is 6.03 Å². The zero-order chi connectivity index (χ0) is 15.9. The minimum atomic E-state index is -0.0269. The van der Waals surface area contributed by atoms with Gasteiger partial charge in [-0.1, -0.05) is 30.3 Å². The quantitative estimate of drug-likeness (QED) is 0.870. The van der Waals surface area contributed by atoms with Gasteiger partial charge in [0, 0.05) is 26.2 Å². The van der Waals surface area contributed by atoms with E-state index >= 15 is 0 Å². The first-order valence-electron chi connectivity index (χ1n) is 7.96. The van der Waals surface area contributed by atoms with Crippen LogP contribution < -0.4 is 5.32 Å². The van der Waals surface area contributed by atoms with Gasteiger partial charge in [0.25, 0.3) is 0 Å². The van der Waals surface area contributed by atoms with Crippen molar-refractivity contribution in [2.75, 3.05) is 40.3 Å². The first-order valence-corrected chi connectivity index (χ1v) is 7.96. The number of rotatable bonds is 5. The van der Waals surface area contributed by atoms with E-state index in [1.807, 2.05) is 37.2 Å². The van der Waals surface area contributed by atoms with E-state index in [4.69, 9.17) is 0 Å². The molecule has 1 heterocycles. The molecule has 0 radical (unpaired) electrons. The summed E-state index contributed by atoms with van der Waals surface area (Å²) in [5.74, 6) is 0.221. The number of piperidine rings is 1. The molecule has 0 bridgehead atoms. The van der Waals surface area contributed by atoms with Crippen LogP contribution >= 0.6 is 0 Å². The van der Waals surface area contributed by atoms with Crippen LogP contribution in [0.15, 0.2) is 30.3 Å². The average Bonchev–Trinajstić information content (AvgIpc) is 2.55.